The van der Waals surface area contributed by atoms with E-state index in [1.807, 2.05) is 88.7 Å². The second-order valence-electron chi connectivity index (χ2n) is 24.4. The summed E-state index contributed by atoms with van der Waals surface area (Å²) in [6, 6.07) is 7.60. The number of fused-ring (bicyclic) bond motifs is 4. The van der Waals surface area contributed by atoms with Gasteiger partial charge in [-0.1, -0.05) is 17.6 Å². The number of hydrogen-bond donors (Lipinski definition) is 3. The van der Waals surface area contributed by atoms with Crippen molar-refractivity contribution in [3.8, 4) is 11.5 Å². The number of imidazole rings is 1. The molecule has 0 aliphatic carbocycles. The lowest BCUT2D eigenvalue weighted by Crippen LogP contribution is -2.50. The van der Waals surface area contributed by atoms with Gasteiger partial charge < -0.3 is 76.4 Å². The summed E-state index contributed by atoms with van der Waals surface area (Å²) in [6.45, 7) is 22.3. The third-order valence-electron chi connectivity index (χ3n) is 16.1. The van der Waals surface area contributed by atoms with Crippen LogP contribution in [0.4, 0.5) is 10.5 Å². The molecule has 4 aliphatic heterocycles. The third kappa shape index (κ3) is 25.9. The number of hydrogen-bond acceptors (Lipinski definition) is 24. The Morgan fingerprint density at radius 3 is 1.57 bits per heavy atom. The second-order valence-corrected chi connectivity index (χ2v) is 27.3. The van der Waals surface area contributed by atoms with Gasteiger partial charge in [0.05, 0.1) is 163 Å². The molecule has 3 N–H and O–H groups in total. The van der Waals surface area contributed by atoms with Gasteiger partial charge in [-0.05, 0) is 69.9 Å². The molecule has 0 spiro atoms. The summed E-state index contributed by atoms with van der Waals surface area (Å²) in [6.07, 6.45) is 8.58. The Balaban J connectivity index is 0.687. The number of carbonyl (C=O) groups excluding carboxylic acids is 4. The van der Waals surface area contributed by atoms with E-state index in [2.05, 4.69) is 19.6 Å². The smallest absolute Gasteiger partial charge is 0.456 e. The van der Waals surface area contributed by atoms with Crippen molar-refractivity contribution in [3.05, 3.63) is 81.9 Å². The zero-order valence-corrected chi connectivity index (χ0v) is 59.4. The molecule has 32 heteroatoms. The van der Waals surface area contributed by atoms with Crippen molar-refractivity contribution in [2.24, 2.45) is 0 Å². The molecule has 0 radical (unpaired) electrons. The first-order valence-electron chi connectivity index (χ1n) is 33.7. The fraction of sp³-hybridized carbons (Fsp3) is 0.642. The van der Waals surface area contributed by atoms with Crippen molar-refractivity contribution in [1.82, 2.24) is 24.5 Å². The van der Waals surface area contributed by atoms with E-state index >= 15 is 0 Å². The number of carbonyl (C=O) groups is 4. The predicted octanol–water partition coefficient (Wildman–Crippen LogP) is 3.78. The second kappa shape index (κ2) is 40.3. The highest BCUT2D eigenvalue weighted by Crippen LogP contribution is 2.47. The number of likely N-dealkylation sites (N-methyl/N-ethyl adjacent to an activating group) is 2. The number of nitrogens with zero attached hydrogens (tertiary/aromatic N) is 5. The van der Waals surface area contributed by atoms with Crippen LogP contribution in [0.2, 0.25) is 0 Å². The van der Waals surface area contributed by atoms with E-state index in [1.165, 1.54) is 0 Å². The lowest BCUT2D eigenvalue weighted by Gasteiger charge is -2.43. The number of ether oxygens (including phenoxy) is 13. The van der Waals surface area contributed by atoms with E-state index in [-0.39, 0.29) is 38.6 Å². The summed E-state index contributed by atoms with van der Waals surface area (Å²) in [7, 11) is -8.89. The molecule has 0 atom stereocenters. The van der Waals surface area contributed by atoms with Crippen LogP contribution in [0, 0.1) is 0 Å². The number of hydroxylamine groups is 2. The Morgan fingerprint density at radius 1 is 0.596 bits per heavy atom. The minimum atomic E-state index is -4.45. The van der Waals surface area contributed by atoms with Crippen LogP contribution in [-0.4, -0.2) is 259 Å². The number of nitrogens with one attached hydrogen (secondary N) is 1. The molecule has 1 fully saturated rings. The van der Waals surface area contributed by atoms with Crippen molar-refractivity contribution < 1.29 is 112 Å². The van der Waals surface area contributed by atoms with Crippen LogP contribution in [0.1, 0.15) is 103 Å². The summed E-state index contributed by atoms with van der Waals surface area (Å²) in [5, 5.41) is 4.68. The molecule has 3 aromatic rings. The van der Waals surface area contributed by atoms with Gasteiger partial charge in [0, 0.05) is 98.8 Å². The van der Waals surface area contributed by atoms with Crippen molar-refractivity contribution in [2.75, 3.05) is 188 Å². The zero-order valence-electron chi connectivity index (χ0n) is 57.8. The van der Waals surface area contributed by atoms with Crippen LogP contribution in [0.5, 0.6) is 11.5 Å². The highest BCUT2D eigenvalue weighted by molar-refractivity contribution is 7.86. The summed E-state index contributed by atoms with van der Waals surface area (Å²) in [5.41, 5.74) is 2.85. The molecule has 1 aromatic heterocycles. The van der Waals surface area contributed by atoms with Gasteiger partial charge in [0.15, 0.2) is 5.54 Å². The molecule has 5 heterocycles. The van der Waals surface area contributed by atoms with Crippen molar-refractivity contribution in [3.63, 3.8) is 0 Å². The van der Waals surface area contributed by atoms with Gasteiger partial charge in [0.2, 0.25) is 11.3 Å². The minimum Gasteiger partial charge on any atom is -0.456 e. The number of rotatable bonds is 50. The number of benzene rings is 2. The van der Waals surface area contributed by atoms with E-state index in [9.17, 15) is 45.1 Å². The maximum atomic E-state index is 12.8. The number of aryl methyl sites for hydroxylation is 1. The van der Waals surface area contributed by atoms with Gasteiger partial charge in [-0.3, -0.25) is 28.3 Å². The highest BCUT2D eigenvalue weighted by Gasteiger charge is 2.39. The number of unbranched alkanes of at least 4 members (excludes halogenated alkanes) is 2. The minimum absolute atomic E-state index is 0.00109. The first-order chi connectivity index (χ1) is 47.5. The molecule has 552 valence electrons. The van der Waals surface area contributed by atoms with Crippen molar-refractivity contribution in [1.29, 1.82) is 0 Å². The van der Waals surface area contributed by atoms with Crippen LogP contribution in [0.3, 0.4) is 0 Å². The fourth-order valence-electron chi connectivity index (χ4n) is 11.8. The van der Waals surface area contributed by atoms with Crippen LogP contribution < -0.4 is 30.1 Å². The Morgan fingerprint density at radius 2 is 1.08 bits per heavy atom. The molecular weight excluding hydrogens is 1340 g/mol. The fourth-order valence-corrected chi connectivity index (χ4v) is 13.1. The molecule has 2 aromatic carbocycles. The van der Waals surface area contributed by atoms with E-state index in [0.717, 1.165) is 17.5 Å². The maximum Gasteiger partial charge on any atom is 0.534 e. The summed E-state index contributed by atoms with van der Waals surface area (Å²) in [4.78, 5) is 58.9. The normalized spacial score (nSPS) is 15.5. The molecule has 99 heavy (non-hydrogen) atoms. The van der Waals surface area contributed by atoms with E-state index in [0.29, 0.717) is 239 Å². The van der Waals surface area contributed by atoms with Crippen LogP contribution in [0.15, 0.2) is 48.8 Å². The lowest BCUT2D eigenvalue weighted by molar-refractivity contribution is -0.177. The number of aromatic nitrogens is 2. The van der Waals surface area contributed by atoms with E-state index in [1.54, 1.807) is 6.20 Å². The molecule has 7 rings (SSSR count). The molecule has 3 amide bonds. The Kier molecular flexibility index (Phi) is 32.6. The standard InChI is InChI=1S/C67H98N6O24S2/c1-7-71-56-44-58-54(42-52(56)50(46-66(71,3)4)48-98(78,79)80)63(55-43-53-51(49-99(81,82)83)47-67(5,6)72(8-2)57(53)45-59(55)96-58)64-69-15-18-70(64)17-11-9-10-12-60(74)68-16-19-84-20-21-85-22-23-86-24-25-87-26-27-88-28-29-89-30-31-90-32-33-91-34-35-92-36-37-93-38-39-94-40-41-95-65(77)97-73-61(75)13-14-62(73)76/h15,18,42-47H,7-14,16-17,19-41,48-49H2,1-6H3,(H2-,68,74,78,79,80,81,82,83)/p+1. The molecule has 0 unspecified atom stereocenters. The summed E-state index contributed by atoms with van der Waals surface area (Å²) in [5.74, 6) is -0.870. The first kappa shape index (κ1) is 80.0. The summed E-state index contributed by atoms with van der Waals surface area (Å²) >= 11 is 0. The van der Waals surface area contributed by atoms with Gasteiger partial charge in [-0.2, -0.15) is 16.8 Å². The van der Waals surface area contributed by atoms with Crippen LogP contribution in [0.25, 0.3) is 16.7 Å². The maximum absolute atomic E-state index is 12.8. The number of anilines is 1. The van der Waals surface area contributed by atoms with E-state index < -0.39 is 60.8 Å². The van der Waals surface area contributed by atoms with Crippen LogP contribution in [-0.2, 0) is 103 Å². The SMILES string of the molecule is CCN1c2cc3c(cc2C(CS(=O)(=O)O)=CC1(C)C)C(c1nccn1CCCCCC(=O)NCCOCCOCCOCCOCCOCCOCCOCCOCCOCCOCCOCCOC(=O)ON1C(=O)CCC1=O)=c1cc2c(cc1O3)=[N+](CC)C(C)(C)C=C2CS(=O)(=O)O. The predicted molar refractivity (Wildman–Crippen MR) is 362 cm³/mol. The van der Waals surface area contributed by atoms with Gasteiger partial charge in [-0.15, -0.1) is 0 Å². The quantitative estimate of drug-likeness (QED) is 0.0186. The van der Waals surface area contributed by atoms with Gasteiger partial charge in [0.1, 0.15) is 42.0 Å². The lowest BCUT2D eigenvalue weighted by atomic mass is 9.85. The molecule has 0 bridgehead atoms. The van der Waals surface area contributed by atoms with Crippen LogP contribution >= 0.6 is 0 Å². The average Bonchev–Trinajstić information content (AvgIpc) is 1.24. The monoisotopic (exact) mass is 1440 g/mol. The molecule has 1 saturated heterocycles. The molecule has 30 nitrogen and oxygen atoms in total. The highest BCUT2D eigenvalue weighted by atomic mass is 32.2. The summed E-state index contributed by atoms with van der Waals surface area (Å²) < 4.78 is 147. The Hall–Kier alpha value is -6.34. The number of imide groups is 1. The molecule has 4 aliphatic rings. The Bertz CT molecular complexity index is 3560. The molecular formula is C67H99N6O24S2+. The first-order valence-corrected chi connectivity index (χ1v) is 36.9. The molecule has 0 saturated carbocycles. The van der Waals surface area contributed by atoms with Crippen molar-refractivity contribution >= 4 is 66.5 Å². The average molecular weight is 1440 g/mol. The Labute approximate surface area is 579 Å². The van der Waals surface area contributed by atoms with Gasteiger partial charge in [-0.25, -0.2) is 14.4 Å². The zero-order chi connectivity index (χ0) is 71.3. The van der Waals surface area contributed by atoms with Crippen molar-refractivity contribution in [2.45, 2.75) is 97.7 Å². The largest absolute Gasteiger partial charge is 0.534 e. The third-order valence-corrected chi connectivity index (χ3v) is 17.5. The van der Waals surface area contributed by atoms with E-state index in [4.69, 9.17) is 66.6 Å². The van der Waals surface area contributed by atoms with Gasteiger partial charge in [0.25, 0.3) is 32.1 Å². The number of amides is 3. The topological polar surface area (TPSA) is 346 Å². The van der Waals surface area contributed by atoms with Gasteiger partial charge >= 0.3 is 6.16 Å².